The summed E-state index contributed by atoms with van der Waals surface area (Å²) in [6.45, 7) is 2.56. The van der Waals surface area contributed by atoms with Crippen LogP contribution in [0.25, 0.3) is 10.8 Å². The van der Waals surface area contributed by atoms with Crippen LogP contribution in [0.3, 0.4) is 0 Å². The fourth-order valence-electron chi connectivity index (χ4n) is 4.24. The summed E-state index contributed by atoms with van der Waals surface area (Å²) in [5.41, 5.74) is 1.97. The summed E-state index contributed by atoms with van der Waals surface area (Å²) in [6.07, 6.45) is 3.85. The average Bonchev–Trinajstić information content (AvgIpc) is 2.88. The minimum Gasteiger partial charge on any atom is -0.508 e. The molecule has 0 aromatic heterocycles. The van der Waals surface area contributed by atoms with Crippen molar-refractivity contribution in [2.75, 3.05) is 13.7 Å². The van der Waals surface area contributed by atoms with Crippen molar-refractivity contribution in [1.29, 1.82) is 0 Å². The maximum absolute atomic E-state index is 12.4. The molecule has 3 aromatic rings. The molecule has 3 N–H and O–H groups in total. The number of rotatable bonds is 15. The van der Waals surface area contributed by atoms with E-state index >= 15 is 0 Å². The highest BCUT2D eigenvalue weighted by molar-refractivity contribution is 5.84. The van der Waals surface area contributed by atoms with Gasteiger partial charge < -0.3 is 24.8 Å². The molecule has 0 saturated carbocycles. The standard InChI is InChI=1S/C30H38O6/c1-21(19-31)5-3-4-6-26(32)18-28(34)12-8-22-9-14-29(35-2)30(16-22)36-20-23-7-10-25-17-27(33)13-11-24(25)15-23/h7,9-11,13-17,21,26,31-33H,3-6,8,12,18-20H2,1-2H3/t21-,26-/m0/s1. The second-order valence-electron chi connectivity index (χ2n) is 9.61. The monoisotopic (exact) mass is 494 g/mol. The Labute approximate surface area is 213 Å². The zero-order valence-electron chi connectivity index (χ0n) is 21.3. The number of phenols is 1. The summed E-state index contributed by atoms with van der Waals surface area (Å²) in [5, 5.41) is 30.9. The molecule has 0 aliphatic carbocycles. The van der Waals surface area contributed by atoms with Gasteiger partial charge in [0.05, 0.1) is 13.2 Å². The first-order valence-electron chi connectivity index (χ1n) is 12.7. The van der Waals surface area contributed by atoms with E-state index in [1.807, 2.05) is 49.4 Å². The van der Waals surface area contributed by atoms with Crippen molar-refractivity contribution in [3.8, 4) is 17.2 Å². The highest BCUT2D eigenvalue weighted by Gasteiger charge is 2.13. The molecule has 0 aliphatic heterocycles. The van der Waals surface area contributed by atoms with Gasteiger partial charge in [-0.25, -0.2) is 0 Å². The summed E-state index contributed by atoms with van der Waals surface area (Å²) in [6, 6.07) is 16.9. The molecule has 2 atom stereocenters. The van der Waals surface area contributed by atoms with Crippen molar-refractivity contribution in [2.45, 2.75) is 64.6 Å². The Morgan fingerprint density at radius 1 is 0.917 bits per heavy atom. The van der Waals surface area contributed by atoms with Crippen LogP contribution in [0.2, 0.25) is 0 Å². The van der Waals surface area contributed by atoms with Gasteiger partial charge in [0.25, 0.3) is 0 Å². The number of hydrogen-bond donors (Lipinski definition) is 3. The van der Waals surface area contributed by atoms with E-state index in [1.165, 1.54) is 0 Å². The van der Waals surface area contributed by atoms with E-state index in [0.717, 1.165) is 41.2 Å². The first-order valence-corrected chi connectivity index (χ1v) is 12.7. The molecule has 36 heavy (non-hydrogen) atoms. The lowest BCUT2D eigenvalue weighted by atomic mass is 9.99. The molecule has 6 heteroatoms. The van der Waals surface area contributed by atoms with E-state index in [9.17, 15) is 15.0 Å². The second kappa shape index (κ2) is 13.9. The number of methoxy groups -OCH3 is 1. The van der Waals surface area contributed by atoms with Crippen molar-refractivity contribution in [3.05, 3.63) is 65.7 Å². The molecular formula is C30H38O6. The lowest BCUT2D eigenvalue weighted by Crippen LogP contribution is -2.14. The summed E-state index contributed by atoms with van der Waals surface area (Å²) >= 11 is 0. The number of carbonyl (C=O) groups excluding carboxylic acids is 1. The SMILES string of the molecule is COc1ccc(CCC(=O)C[C@@H](O)CCCC[C@H](C)CO)cc1OCc1ccc2cc(O)ccc2c1. The fourth-order valence-corrected chi connectivity index (χ4v) is 4.24. The van der Waals surface area contributed by atoms with Gasteiger partial charge in [-0.1, -0.05) is 44.0 Å². The van der Waals surface area contributed by atoms with E-state index < -0.39 is 6.10 Å². The number of fused-ring (bicyclic) bond motifs is 1. The molecule has 0 spiro atoms. The van der Waals surface area contributed by atoms with E-state index in [-0.39, 0.29) is 30.5 Å². The third kappa shape index (κ3) is 8.54. The number of ether oxygens (including phenoxy) is 2. The molecule has 0 amide bonds. The minimum atomic E-state index is -0.609. The Bertz CT molecular complexity index is 1130. The number of ketones is 1. The molecule has 0 saturated heterocycles. The maximum atomic E-state index is 12.4. The van der Waals surface area contributed by atoms with Crippen LogP contribution in [0.5, 0.6) is 17.2 Å². The molecule has 194 valence electrons. The second-order valence-corrected chi connectivity index (χ2v) is 9.61. The molecule has 6 nitrogen and oxygen atoms in total. The van der Waals surface area contributed by atoms with Crippen molar-refractivity contribution in [2.24, 2.45) is 5.92 Å². The number of benzene rings is 3. The Morgan fingerprint density at radius 3 is 2.42 bits per heavy atom. The normalized spacial score (nSPS) is 12.9. The number of aryl methyl sites for hydroxylation is 1. The first kappa shape index (κ1) is 27.5. The zero-order chi connectivity index (χ0) is 25.9. The maximum Gasteiger partial charge on any atom is 0.161 e. The average molecular weight is 495 g/mol. The van der Waals surface area contributed by atoms with Gasteiger partial charge in [0.2, 0.25) is 0 Å². The number of carbonyl (C=O) groups is 1. The van der Waals surface area contributed by atoms with Crippen LogP contribution in [-0.4, -0.2) is 40.9 Å². The number of hydrogen-bond acceptors (Lipinski definition) is 6. The Morgan fingerprint density at radius 2 is 1.64 bits per heavy atom. The summed E-state index contributed by atoms with van der Waals surface area (Å²) in [5.74, 6) is 1.81. The van der Waals surface area contributed by atoms with Gasteiger partial charge in [-0.15, -0.1) is 0 Å². The van der Waals surface area contributed by atoms with Crippen LogP contribution in [0.15, 0.2) is 54.6 Å². The molecule has 0 aliphatic rings. The largest absolute Gasteiger partial charge is 0.508 e. The van der Waals surface area contributed by atoms with Gasteiger partial charge in [-0.3, -0.25) is 4.79 Å². The van der Waals surface area contributed by atoms with Gasteiger partial charge in [0, 0.05) is 19.4 Å². The Kier molecular flexibility index (Phi) is 10.6. The van der Waals surface area contributed by atoms with Crippen molar-refractivity contribution >= 4 is 16.6 Å². The molecule has 0 radical (unpaired) electrons. The molecular weight excluding hydrogens is 456 g/mol. The van der Waals surface area contributed by atoms with Gasteiger partial charge in [-0.2, -0.15) is 0 Å². The van der Waals surface area contributed by atoms with Crippen molar-refractivity contribution in [3.63, 3.8) is 0 Å². The number of aliphatic hydroxyl groups is 2. The van der Waals surface area contributed by atoms with Crippen LogP contribution in [0.4, 0.5) is 0 Å². The van der Waals surface area contributed by atoms with Crippen LogP contribution in [0.1, 0.15) is 56.6 Å². The highest BCUT2D eigenvalue weighted by Crippen LogP contribution is 2.30. The van der Waals surface area contributed by atoms with Crippen LogP contribution >= 0.6 is 0 Å². The molecule has 0 heterocycles. The van der Waals surface area contributed by atoms with Gasteiger partial charge >= 0.3 is 0 Å². The topological polar surface area (TPSA) is 96.2 Å². The van der Waals surface area contributed by atoms with Crippen LogP contribution < -0.4 is 9.47 Å². The molecule has 3 rings (SSSR count). The van der Waals surface area contributed by atoms with E-state index in [4.69, 9.17) is 14.6 Å². The molecule has 0 fully saturated rings. The van der Waals surface area contributed by atoms with E-state index in [0.29, 0.717) is 37.4 Å². The van der Waals surface area contributed by atoms with E-state index in [2.05, 4.69) is 0 Å². The molecule has 0 bridgehead atoms. The minimum absolute atomic E-state index is 0.0479. The smallest absolute Gasteiger partial charge is 0.161 e. The third-order valence-electron chi connectivity index (χ3n) is 6.46. The quantitative estimate of drug-likeness (QED) is 0.239. The zero-order valence-corrected chi connectivity index (χ0v) is 21.3. The molecule has 0 unspecified atom stereocenters. The number of Topliss-reactive ketones (excluding diaryl/α,β-unsaturated/α-hetero) is 1. The van der Waals surface area contributed by atoms with Crippen LogP contribution in [0, 0.1) is 5.92 Å². The van der Waals surface area contributed by atoms with Gasteiger partial charge in [-0.05, 0) is 77.4 Å². The summed E-state index contributed by atoms with van der Waals surface area (Å²) in [4.78, 5) is 12.4. The fraction of sp³-hybridized carbons (Fsp3) is 0.433. The van der Waals surface area contributed by atoms with Crippen molar-refractivity contribution in [1.82, 2.24) is 0 Å². The van der Waals surface area contributed by atoms with Gasteiger partial charge in [0.1, 0.15) is 18.1 Å². The summed E-state index contributed by atoms with van der Waals surface area (Å²) in [7, 11) is 1.60. The number of aliphatic hydroxyl groups excluding tert-OH is 2. The van der Waals surface area contributed by atoms with E-state index in [1.54, 1.807) is 19.2 Å². The lowest BCUT2D eigenvalue weighted by molar-refractivity contribution is -0.121. The predicted molar refractivity (Wildman–Crippen MR) is 142 cm³/mol. The Hall–Kier alpha value is -3.09. The highest BCUT2D eigenvalue weighted by atomic mass is 16.5. The third-order valence-corrected chi connectivity index (χ3v) is 6.46. The molecule has 3 aromatic carbocycles. The lowest BCUT2D eigenvalue weighted by Gasteiger charge is -2.13. The number of aromatic hydroxyl groups is 1. The summed E-state index contributed by atoms with van der Waals surface area (Å²) < 4.78 is 11.5. The van der Waals surface area contributed by atoms with Gasteiger partial charge in [0.15, 0.2) is 11.5 Å². The Balaban J connectivity index is 1.50. The van der Waals surface area contributed by atoms with Crippen LogP contribution in [-0.2, 0) is 17.8 Å². The number of unbranched alkanes of at least 4 members (excludes halogenated alkanes) is 1. The first-order chi connectivity index (χ1) is 17.4. The predicted octanol–water partition coefficient (Wildman–Crippen LogP) is 5.57. The number of phenolic OH excluding ortho intramolecular Hbond substituents is 1. The van der Waals surface area contributed by atoms with Crippen molar-refractivity contribution < 1.29 is 29.6 Å².